The predicted octanol–water partition coefficient (Wildman–Crippen LogP) is 3.24. The summed E-state index contributed by atoms with van der Waals surface area (Å²) in [6, 6.07) is 8.67. The second-order valence-electron chi connectivity index (χ2n) is 5.13. The summed E-state index contributed by atoms with van der Waals surface area (Å²) in [7, 11) is 0. The van der Waals surface area contributed by atoms with Crippen molar-refractivity contribution in [1.82, 2.24) is 4.57 Å². The van der Waals surface area contributed by atoms with Crippen molar-refractivity contribution >= 4 is 11.9 Å². The van der Waals surface area contributed by atoms with Gasteiger partial charge in [0.15, 0.2) is 0 Å². The maximum Gasteiger partial charge on any atom is 0.353 e. The summed E-state index contributed by atoms with van der Waals surface area (Å²) in [5.41, 5.74) is 1.06. The van der Waals surface area contributed by atoms with Gasteiger partial charge in [0.1, 0.15) is 12.4 Å². The van der Waals surface area contributed by atoms with E-state index in [1.165, 1.54) is 4.57 Å². The van der Waals surface area contributed by atoms with E-state index < -0.39 is 11.9 Å². The minimum atomic E-state index is -1.18. The Morgan fingerprint density at radius 2 is 1.78 bits per heavy atom. The highest BCUT2D eigenvalue weighted by Gasteiger charge is 2.29. The molecule has 2 aromatic rings. The Hall–Kier alpha value is -2.60. The van der Waals surface area contributed by atoms with Crippen molar-refractivity contribution < 1.29 is 24.5 Å². The zero-order valence-electron chi connectivity index (χ0n) is 13.1. The molecule has 0 fully saturated rings. The number of ether oxygens (including phenoxy) is 1. The fraction of sp³-hybridized carbons (Fsp3) is 0.294. The first-order valence-electron chi connectivity index (χ1n) is 7.31. The number of hydrogen-bond donors (Lipinski definition) is 2. The van der Waals surface area contributed by atoms with Crippen LogP contribution in [0.25, 0.3) is 11.1 Å². The van der Waals surface area contributed by atoms with Crippen LogP contribution < -0.4 is 0 Å². The highest BCUT2D eigenvalue weighted by Crippen LogP contribution is 2.33. The summed E-state index contributed by atoms with van der Waals surface area (Å²) in [5, 5.41) is 19.2. The number of aromatic carboxylic acids is 2. The third kappa shape index (κ3) is 3.27. The van der Waals surface area contributed by atoms with E-state index >= 15 is 0 Å². The molecule has 1 heterocycles. The molecule has 0 aliphatic rings. The molecular weight excluding hydrogens is 298 g/mol. The molecule has 0 aliphatic heterocycles. The van der Waals surface area contributed by atoms with Gasteiger partial charge in [-0.25, -0.2) is 9.59 Å². The van der Waals surface area contributed by atoms with Crippen molar-refractivity contribution in [3.05, 3.63) is 47.3 Å². The number of hydrogen-bond acceptors (Lipinski definition) is 3. The molecule has 23 heavy (non-hydrogen) atoms. The largest absolute Gasteiger partial charge is 0.478 e. The van der Waals surface area contributed by atoms with Crippen LogP contribution >= 0.6 is 0 Å². The Morgan fingerprint density at radius 3 is 2.30 bits per heavy atom. The smallest absolute Gasteiger partial charge is 0.353 e. The molecule has 0 amide bonds. The predicted molar refractivity (Wildman–Crippen MR) is 84.8 cm³/mol. The number of carboxylic acid groups (broad SMARTS) is 2. The zero-order valence-corrected chi connectivity index (χ0v) is 13.1. The normalized spacial score (nSPS) is 10.7. The van der Waals surface area contributed by atoms with Crippen LogP contribution in [0.3, 0.4) is 0 Å². The van der Waals surface area contributed by atoms with Gasteiger partial charge in [0.2, 0.25) is 0 Å². The number of rotatable bonds is 7. The highest BCUT2D eigenvalue weighted by atomic mass is 16.5. The first kappa shape index (κ1) is 16.8. The molecule has 0 unspecified atom stereocenters. The Morgan fingerprint density at radius 1 is 1.13 bits per heavy atom. The lowest BCUT2D eigenvalue weighted by Crippen LogP contribution is -2.13. The van der Waals surface area contributed by atoms with Crippen LogP contribution in [0.2, 0.25) is 0 Å². The molecule has 6 heteroatoms. The zero-order chi connectivity index (χ0) is 17.0. The molecule has 6 nitrogen and oxygen atoms in total. The van der Waals surface area contributed by atoms with Crippen LogP contribution in [0.1, 0.15) is 39.9 Å². The van der Waals surface area contributed by atoms with Gasteiger partial charge in [-0.05, 0) is 18.9 Å². The van der Waals surface area contributed by atoms with Gasteiger partial charge in [0.05, 0.1) is 5.56 Å². The fourth-order valence-corrected chi connectivity index (χ4v) is 2.57. The molecule has 0 aliphatic carbocycles. The third-order valence-corrected chi connectivity index (χ3v) is 3.57. The number of aromatic nitrogens is 1. The summed E-state index contributed by atoms with van der Waals surface area (Å²) in [5.74, 6) is -2.34. The maximum absolute atomic E-state index is 11.8. The van der Waals surface area contributed by atoms with Gasteiger partial charge in [-0.15, -0.1) is 0 Å². The number of carboxylic acids is 2. The molecule has 122 valence electrons. The summed E-state index contributed by atoms with van der Waals surface area (Å²) >= 11 is 0. The fourth-order valence-electron chi connectivity index (χ4n) is 2.57. The van der Waals surface area contributed by atoms with E-state index in [1.807, 2.05) is 6.92 Å². The average Bonchev–Trinajstić information content (AvgIpc) is 2.82. The molecule has 1 aromatic carbocycles. The van der Waals surface area contributed by atoms with Crippen molar-refractivity contribution in [2.75, 3.05) is 6.61 Å². The van der Waals surface area contributed by atoms with E-state index in [9.17, 15) is 19.8 Å². The lowest BCUT2D eigenvalue weighted by Gasteiger charge is -2.10. The SMILES string of the molecule is CCCOCn1c(C)c(C(=O)O)c(-c2ccccc2)c1C(=O)O. The lowest BCUT2D eigenvalue weighted by molar-refractivity contribution is 0.0591. The van der Waals surface area contributed by atoms with Gasteiger partial charge in [-0.1, -0.05) is 37.3 Å². The average molecular weight is 317 g/mol. The van der Waals surface area contributed by atoms with Crippen LogP contribution in [-0.4, -0.2) is 33.3 Å². The van der Waals surface area contributed by atoms with Gasteiger partial charge < -0.3 is 19.5 Å². The number of carbonyl (C=O) groups is 2. The Balaban J connectivity index is 2.69. The number of nitrogens with zero attached hydrogens (tertiary/aromatic N) is 1. The van der Waals surface area contributed by atoms with E-state index in [0.29, 0.717) is 17.9 Å². The summed E-state index contributed by atoms with van der Waals surface area (Å²) in [6.07, 6.45) is 0.792. The molecule has 0 spiro atoms. The molecule has 0 radical (unpaired) electrons. The van der Waals surface area contributed by atoms with Crippen molar-refractivity contribution in [3.8, 4) is 11.1 Å². The third-order valence-electron chi connectivity index (χ3n) is 3.57. The van der Waals surface area contributed by atoms with Crippen LogP contribution in [-0.2, 0) is 11.5 Å². The van der Waals surface area contributed by atoms with E-state index in [1.54, 1.807) is 37.3 Å². The van der Waals surface area contributed by atoms with Crippen LogP contribution in [0.5, 0.6) is 0 Å². The molecule has 0 bridgehead atoms. The van der Waals surface area contributed by atoms with Crippen molar-refractivity contribution in [2.45, 2.75) is 27.0 Å². The highest BCUT2D eigenvalue weighted by molar-refractivity contribution is 6.05. The molecule has 1 aromatic heterocycles. The monoisotopic (exact) mass is 317 g/mol. The van der Waals surface area contributed by atoms with E-state index in [4.69, 9.17) is 4.74 Å². The van der Waals surface area contributed by atoms with Gasteiger partial charge in [-0.3, -0.25) is 0 Å². The Bertz CT molecular complexity index is 718. The Labute approximate surface area is 133 Å². The van der Waals surface area contributed by atoms with Gasteiger partial charge in [0.25, 0.3) is 0 Å². The molecule has 2 rings (SSSR count). The lowest BCUT2D eigenvalue weighted by atomic mass is 10.0. The number of benzene rings is 1. The first-order valence-corrected chi connectivity index (χ1v) is 7.31. The molecule has 0 atom stereocenters. The van der Waals surface area contributed by atoms with Crippen LogP contribution in [0.4, 0.5) is 0 Å². The Kier molecular flexibility index (Phi) is 5.18. The molecule has 0 saturated carbocycles. The van der Waals surface area contributed by atoms with E-state index in [2.05, 4.69) is 0 Å². The second kappa shape index (κ2) is 7.11. The minimum absolute atomic E-state index is 0.00583. The second-order valence-corrected chi connectivity index (χ2v) is 5.13. The van der Waals surface area contributed by atoms with Gasteiger partial charge >= 0.3 is 11.9 Å². The topological polar surface area (TPSA) is 88.8 Å². The first-order chi connectivity index (χ1) is 11.0. The van der Waals surface area contributed by atoms with Crippen molar-refractivity contribution in [2.24, 2.45) is 0 Å². The molecule has 2 N–H and O–H groups in total. The molecular formula is C17H19NO5. The summed E-state index contributed by atoms with van der Waals surface area (Å²) < 4.78 is 6.84. The summed E-state index contributed by atoms with van der Waals surface area (Å²) in [4.78, 5) is 23.5. The van der Waals surface area contributed by atoms with Crippen LogP contribution in [0.15, 0.2) is 30.3 Å². The summed E-state index contributed by atoms with van der Waals surface area (Å²) in [6.45, 7) is 4.02. The van der Waals surface area contributed by atoms with Crippen molar-refractivity contribution in [1.29, 1.82) is 0 Å². The van der Waals surface area contributed by atoms with Gasteiger partial charge in [0, 0.05) is 17.9 Å². The minimum Gasteiger partial charge on any atom is -0.478 e. The van der Waals surface area contributed by atoms with E-state index in [-0.39, 0.29) is 23.6 Å². The quantitative estimate of drug-likeness (QED) is 0.765. The van der Waals surface area contributed by atoms with E-state index in [0.717, 1.165) is 6.42 Å². The van der Waals surface area contributed by atoms with Crippen LogP contribution in [0, 0.1) is 6.92 Å². The standard InChI is InChI=1S/C17H19NO5/c1-3-9-23-10-18-11(2)13(16(19)20)14(15(18)17(21)22)12-7-5-4-6-8-12/h4-8H,3,9-10H2,1-2H3,(H,19,20)(H,21,22). The molecule has 0 saturated heterocycles. The maximum atomic E-state index is 11.8. The van der Waals surface area contributed by atoms with Gasteiger partial charge in [-0.2, -0.15) is 0 Å². The van der Waals surface area contributed by atoms with Crippen molar-refractivity contribution in [3.63, 3.8) is 0 Å².